The van der Waals surface area contributed by atoms with Gasteiger partial charge in [0.25, 0.3) is 0 Å². The standard InChI is InChI=1S/C16H15IO3/c1-10-5-11(2)7-12(6-10)9-20-15-8-13(16(18)19)3-4-14(15)17/h3-8H,9H2,1-2H3,(H,18,19). The van der Waals surface area contributed by atoms with Gasteiger partial charge < -0.3 is 9.84 Å². The number of halogens is 1. The number of hydrogen-bond donors (Lipinski definition) is 1. The average Bonchev–Trinajstić information content (AvgIpc) is 2.36. The molecule has 104 valence electrons. The van der Waals surface area contributed by atoms with E-state index >= 15 is 0 Å². The molecule has 4 heteroatoms. The first-order valence-electron chi connectivity index (χ1n) is 6.18. The summed E-state index contributed by atoms with van der Waals surface area (Å²) in [5, 5.41) is 9.00. The largest absolute Gasteiger partial charge is 0.488 e. The van der Waals surface area contributed by atoms with Gasteiger partial charge in [0.2, 0.25) is 0 Å². The molecule has 0 aliphatic carbocycles. The number of carboxylic acid groups (broad SMARTS) is 1. The summed E-state index contributed by atoms with van der Waals surface area (Å²) in [5.41, 5.74) is 3.70. The quantitative estimate of drug-likeness (QED) is 0.807. The van der Waals surface area contributed by atoms with Gasteiger partial charge in [0.15, 0.2) is 0 Å². The third kappa shape index (κ3) is 3.72. The van der Waals surface area contributed by atoms with E-state index in [0.717, 1.165) is 9.13 Å². The van der Waals surface area contributed by atoms with Crippen LogP contribution in [-0.4, -0.2) is 11.1 Å². The highest BCUT2D eigenvalue weighted by atomic mass is 127. The minimum atomic E-state index is -0.947. The lowest BCUT2D eigenvalue weighted by Gasteiger charge is -2.10. The molecule has 0 fully saturated rings. The Hall–Kier alpha value is -1.56. The summed E-state index contributed by atoms with van der Waals surface area (Å²) in [4.78, 5) is 11.0. The van der Waals surface area contributed by atoms with E-state index in [1.807, 2.05) is 13.8 Å². The molecule has 0 spiro atoms. The second kappa shape index (κ2) is 6.26. The summed E-state index contributed by atoms with van der Waals surface area (Å²) in [6.07, 6.45) is 0. The first-order chi connectivity index (χ1) is 9.45. The highest BCUT2D eigenvalue weighted by Gasteiger charge is 2.08. The molecule has 0 aromatic heterocycles. The van der Waals surface area contributed by atoms with Crippen LogP contribution in [0.1, 0.15) is 27.0 Å². The molecule has 0 bridgehead atoms. The van der Waals surface area contributed by atoms with Crippen molar-refractivity contribution in [2.24, 2.45) is 0 Å². The highest BCUT2D eigenvalue weighted by molar-refractivity contribution is 14.1. The molecule has 0 amide bonds. The van der Waals surface area contributed by atoms with Crippen molar-refractivity contribution in [1.29, 1.82) is 0 Å². The fourth-order valence-electron chi connectivity index (χ4n) is 2.06. The Morgan fingerprint density at radius 2 is 1.80 bits per heavy atom. The van der Waals surface area contributed by atoms with Crippen LogP contribution in [0.15, 0.2) is 36.4 Å². The smallest absolute Gasteiger partial charge is 0.335 e. The van der Waals surface area contributed by atoms with Crippen LogP contribution in [0.4, 0.5) is 0 Å². The van der Waals surface area contributed by atoms with Crippen molar-refractivity contribution in [3.63, 3.8) is 0 Å². The van der Waals surface area contributed by atoms with Crippen molar-refractivity contribution in [1.82, 2.24) is 0 Å². The molecule has 3 nitrogen and oxygen atoms in total. The van der Waals surface area contributed by atoms with E-state index in [9.17, 15) is 4.79 Å². The molecule has 2 aromatic carbocycles. The van der Waals surface area contributed by atoms with Gasteiger partial charge in [0.05, 0.1) is 9.13 Å². The third-order valence-corrected chi connectivity index (χ3v) is 3.75. The summed E-state index contributed by atoms with van der Waals surface area (Å²) in [5.74, 6) is -0.345. The second-order valence-electron chi connectivity index (χ2n) is 4.73. The SMILES string of the molecule is Cc1cc(C)cc(COc2cc(C(=O)O)ccc2I)c1. The van der Waals surface area contributed by atoms with Crippen LogP contribution in [0.25, 0.3) is 0 Å². The monoisotopic (exact) mass is 382 g/mol. The fourth-order valence-corrected chi connectivity index (χ4v) is 2.55. The van der Waals surface area contributed by atoms with E-state index in [-0.39, 0.29) is 5.56 Å². The summed E-state index contributed by atoms with van der Waals surface area (Å²) < 4.78 is 6.65. The van der Waals surface area contributed by atoms with E-state index in [2.05, 4.69) is 40.8 Å². The van der Waals surface area contributed by atoms with Crippen LogP contribution >= 0.6 is 22.6 Å². The van der Waals surface area contributed by atoms with Crippen LogP contribution in [0.3, 0.4) is 0 Å². The van der Waals surface area contributed by atoms with Gasteiger partial charge >= 0.3 is 5.97 Å². The lowest BCUT2D eigenvalue weighted by molar-refractivity contribution is 0.0696. The van der Waals surface area contributed by atoms with E-state index in [0.29, 0.717) is 12.4 Å². The molecule has 20 heavy (non-hydrogen) atoms. The van der Waals surface area contributed by atoms with E-state index in [4.69, 9.17) is 9.84 Å². The van der Waals surface area contributed by atoms with Gasteiger partial charge in [-0.15, -0.1) is 0 Å². The number of ether oxygens (including phenoxy) is 1. The average molecular weight is 382 g/mol. The topological polar surface area (TPSA) is 46.5 Å². The zero-order valence-electron chi connectivity index (χ0n) is 11.3. The van der Waals surface area contributed by atoms with E-state index < -0.39 is 5.97 Å². The second-order valence-corrected chi connectivity index (χ2v) is 5.90. The number of carbonyl (C=O) groups is 1. The van der Waals surface area contributed by atoms with Gasteiger partial charge in [-0.1, -0.05) is 29.3 Å². The molecule has 0 atom stereocenters. The molecule has 0 aliphatic heterocycles. The minimum Gasteiger partial charge on any atom is -0.488 e. The maximum absolute atomic E-state index is 11.0. The molecule has 2 rings (SSSR count). The first-order valence-corrected chi connectivity index (χ1v) is 7.26. The van der Waals surface area contributed by atoms with Crippen molar-refractivity contribution >= 4 is 28.6 Å². The van der Waals surface area contributed by atoms with Crippen LogP contribution in [0.2, 0.25) is 0 Å². The van der Waals surface area contributed by atoms with E-state index in [1.165, 1.54) is 11.1 Å². The van der Waals surface area contributed by atoms with Crippen LogP contribution in [0.5, 0.6) is 5.75 Å². The van der Waals surface area contributed by atoms with Crippen LogP contribution in [-0.2, 0) is 6.61 Å². The van der Waals surface area contributed by atoms with Crippen molar-refractivity contribution in [2.45, 2.75) is 20.5 Å². The van der Waals surface area contributed by atoms with Crippen molar-refractivity contribution in [3.05, 3.63) is 62.2 Å². The van der Waals surface area contributed by atoms with Gasteiger partial charge in [-0.25, -0.2) is 4.79 Å². The minimum absolute atomic E-state index is 0.237. The van der Waals surface area contributed by atoms with Crippen molar-refractivity contribution < 1.29 is 14.6 Å². The third-order valence-electron chi connectivity index (χ3n) is 2.85. The first kappa shape index (κ1) is 14.8. The molecular formula is C16H15IO3. The van der Waals surface area contributed by atoms with Gasteiger partial charge in [-0.2, -0.15) is 0 Å². The number of rotatable bonds is 4. The fraction of sp³-hybridized carbons (Fsp3) is 0.188. The number of benzene rings is 2. The van der Waals surface area contributed by atoms with Gasteiger partial charge in [-0.3, -0.25) is 0 Å². The predicted molar refractivity (Wildman–Crippen MR) is 86.4 cm³/mol. The molecule has 1 N–H and O–H groups in total. The zero-order chi connectivity index (χ0) is 14.7. The predicted octanol–water partition coefficient (Wildman–Crippen LogP) is 4.19. The van der Waals surface area contributed by atoms with Gasteiger partial charge in [-0.05, 0) is 60.2 Å². The van der Waals surface area contributed by atoms with Crippen LogP contribution in [0, 0.1) is 17.4 Å². The molecule has 0 unspecified atom stereocenters. The number of carboxylic acids is 1. The Morgan fingerprint density at radius 3 is 2.40 bits per heavy atom. The Labute approximate surface area is 131 Å². The number of aromatic carboxylic acids is 1. The molecule has 0 heterocycles. The summed E-state index contributed by atoms with van der Waals surface area (Å²) >= 11 is 2.14. The lowest BCUT2D eigenvalue weighted by atomic mass is 10.1. The van der Waals surface area contributed by atoms with Gasteiger partial charge in [0, 0.05) is 0 Å². The maximum Gasteiger partial charge on any atom is 0.335 e. The van der Waals surface area contributed by atoms with E-state index in [1.54, 1.807) is 18.2 Å². The molecule has 0 saturated carbocycles. The number of aryl methyl sites for hydroxylation is 2. The van der Waals surface area contributed by atoms with Crippen molar-refractivity contribution in [3.8, 4) is 5.75 Å². The van der Waals surface area contributed by atoms with Crippen molar-refractivity contribution in [2.75, 3.05) is 0 Å². The Bertz CT molecular complexity index is 630. The van der Waals surface area contributed by atoms with Gasteiger partial charge in [0.1, 0.15) is 12.4 Å². The normalized spacial score (nSPS) is 10.3. The molecule has 0 radical (unpaired) electrons. The van der Waals surface area contributed by atoms with Crippen LogP contribution < -0.4 is 4.74 Å². The molecule has 0 saturated heterocycles. The maximum atomic E-state index is 11.0. The Balaban J connectivity index is 2.18. The summed E-state index contributed by atoms with van der Waals surface area (Å²) in [6.45, 7) is 4.53. The zero-order valence-corrected chi connectivity index (χ0v) is 13.5. The Morgan fingerprint density at radius 1 is 1.15 bits per heavy atom. The summed E-state index contributed by atoms with van der Waals surface area (Å²) in [6, 6.07) is 11.1. The molecule has 0 aliphatic rings. The molecular weight excluding hydrogens is 367 g/mol. The highest BCUT2D eigenvalue weighted by Crippen LogP contribution is 2.23. The number of hydrogen-bond acceptors (Lipinski definition) is 2. The lowest BCUT2D eigenvalue weighted by Crippen LogP contribution is -2.01. The Kier molecular flexibility index (Phi) is 4.65. The summed E-state index contributed by atoms with van der Waals surface area (Å²) in [7, 11) is 0. The molecule has 2 aromatic rings.